The lowest BCUT2D eigenvalue weighted by molar-refractivity contribution is -0.355. The molecule has 0 bridgehead atoms. The highest BCUT2D eigenvalue weighted by Crippen LogP contribution is 2.45. The standard InChI is InChI=1S/C33H42O18/c1-10-19(36)22(39)25(42)31(45-10)48-15-8-16(35)18-17(9-15)49-29(13-4-6-14(34)7-5-13)30(21(18)38)51-33-27(44)24(41)28(12(3)47-33)50-32-26(43)23(40)20(37)11(2)46-32/h4-12,19-20,22-37,39-44H,1-3H3/t10-,11-,12-,19-,20-,22+,23+,24-,25+,26+,27+,28-,29?,30?,31-,32-,33-/m0/s1. The van der Waals surface area contributed by atoms with E-state index in [1.807, 2.05) is 0 Å². The smallest absolute Gasteiger partial charge is 0.229 e. The minimum absolute atomic E-state index is 0.0998. The predicted octanol–water partition coefficient (Wildman–Crippen LogP) is -2.31. The number of hydrogen-bond acceptors (Lipinski definition) is 18. The second-order valence-corrected chi connectivity index (χ2v) is 13.1. The number of ether oxygens (including phenoxy) is 7. The zero-order chi connectivity index (χ0) is 37.0. The van der Waals surface area contributed by atoms with Crippen molar-refractivity contribution in [3.63, 3.8) is 0 Å². The van der Waals surface area contributed by atoms with Crippen LogP contribution < -0.4 is 9.47 Å². The number of phenols is 2. The lowest BCUT2D eigenvalue weighted by Crippen LogP contribution is -2.63. The Labute approximate surface area is 290 Å². The maximum Gasteiger partial charge on any atom is 0.229 e. The summed E-state index contributed by atoms with van der Waals surface area (Å²) in [7, 11) is 0. The minimum Gasteiger partial charge on any atom is -0.508 e. The highest BCUT2D eigenvalue weighted by Gasteiger charge is 2.52. The van der Waals surface area contributed by atoms with Gasteiger partial charge in [-0.2, -0.15) is 0 Å². The maximum absolute atomic E-state index is 14.1. The van der Waals surface area contributed by atoms with Crippen molar-refractivity contribution < 1.29 is 89.0 Å². The topological polar surface area (TPSA) is 284 Å². The van der Waals surface area contributed by atoms with E-state index >= 15 is 0 Å². The van der Waals surface area contributed by atoms with E-state index in [4.69, 9.17) is 33.2 Å². The van der Waals surface area contributed by atoms with Crippen molar-refractivity contribution >= 4 is 5.78 Å². The highest BCUT2D eigenvalue weighted by molar-refractivity contribution is 6.05. The molecule has 10 N–H and O–H groups in total. The molecular weight excluding hydrogens is 684 g/mol. The molecule has 3 fully saturated rings. The summed E-state index contributed by atoms with van der Waals surface area (Å²) >= 11 is 0. The molecule has 0 amide bonds. The van der Waals surface area contributed by atoms with Crippen LogP contribution in [0, 0.1) is 0 Å². The van der Waals surface area contributed by atoms with Gasteiger partial charge in [0.25, 0.3) is 0 Å². The van der Waals surface area contributed by atoms with E-state index in [9.17, 15) is 55.9 Å². The van der Waals surface area contributed by atoms with Crippen LogP contribution in [0.15, 0.2) is 36.4 Å². The van der Waals surface area contributed by atoms with Crippen molar-refractivity contribution in [3.05, 3.63) is 47.5 Å². The molecule has 18 nitrogen and oxygen atoms in total. The molecule has 3 saturated heterocycles. The normalized spacial score (nSPS) is 42.9. The van der Waals surface area contributed by atoms with Gasteiger partial charge in [0.15, 0.2) is 24.8 Å². The highest BCUT2D eigenvalue weighted by atomic mass is 16.7. The third kappa shape index (κ3) is 7.12. The van der Waals surface area contributed by atoms with Crippen molar-refractivity contribution in [2.75, 3.05) is 0 Å². The second-order valence-electron chi connectivity index (χ2n) is 13.1. The summed E-state index contributed by atoms with van der Waals surface area (Å²) < 4.78 is 40.3. The Morgan fingerprint density at radius 2 is 1.14 bits per heavy atom. The van der Waals surface area contributed by atoms with Crippen molar-refractivity contribution in [3.8, 4) is 23.0 Å². The summed E-state index contributed by atoms with van der Waals surface area (Å²) in [5.74, 6) is -1.90. The van der Waals surface area contributed by atoms with Gasteiger partial charge in [-0.3, -0.25) is 4.79 Å². The van der Waals surface area contributed by atoms with Crippen LogP contribution >= 0.6 is 0 Å². The van der Waals surface area contributed by atoms with E-state index in [0.29, 0.717) is 5.56 Å². The summed E-state index contributed by atoms with van der Waals surface area (Å²) in [6, 6.07) is 7.80. The zero-order valence-electron chi connectivity index (χ0n) is 27.5. The molecule has 4 heterocycles. The number of benzene rings is 2. The van der Waals surface area contributed by atoms with Crippen LogP contribution in [0.2, 0.25) is 0 Å². The number of carbonyl (C=O) groups excluding carboxylic acids is 1. The number of aliphatic hydroxyl groups excluding tert-OH is 8. The minimum atomic E-state index is -1.86. The van der Waals surface area contributed by atoms with E-state index in [1.54, 1.807) is 0 Å². The lowest BCUT2D eigenvalue weighted by atomic mass is 9.92. The maximum atomic E-state index is 14.1. The van der Waals surface area contributed by atoms with Gasteiger partial charge in [-0.1, -0.05) is 12.1 Å². The first-order valence-corrected chi connectivity index (χ1v) is 16.3. The van der Waals surface area contributed by atoms with E-state index in [1.165, 1.54) is 51.1 Å². The molecule has 282 valence electrons. The van der Waals surface area contributed by atoms with Crippen LogP contribution in [0.1, 0.15) is 42.8 Å². The van der Waals surface area contributed by atoms with Gasteiger partial charge < -0.3 is 84.2 Å². The number of aliphatic hydroxyl groups is 8. The third-order valence-corrected chi connectivity index (χ3v) is 9.53. The van der Waals surface area contributed by atoms with Gasteiger partial charge in [0.05, 0.1) is 18.3 Å². The first-order chi connectivity index (χ1) is 24.1. The average molecular weight is 727 g/mol. The molecule has 4 aliphatic heterocycles. The Kier molecular flexibility index (Phi) is 10.8. The molecule has 0 aromatic heterocycles. The van der Waals surface area contributed by atoms with Gasteiger partial charge in [0, 0.05) is 12.1 Å². The van der Waals surface area contributed by atoms with Crippen molar-refractivity contribution in [2.24, 2.45) is 0 Å². The van der Waals surface area contributed by atoms with Crippen LogP contribution in [-0.2, 0) is 23.7 Å². The Balaban J connectivity index is 1.24. The summed E-state index contributed by atoms with van der Waals surface area (Å²) in [4.78, 5) is 14.1. The van der Waals surface area contributed by atoms with Crippen LogP contribution in [0.4, 0.5) is 0 Å². The van der Waals surface area contributed by atoms with Gasteiger partial charge in [0.1, 0.15) is 83.5 Å². The number of hydrogen-bond donors (Lipinski definition) is 10. The van der Waals surface area contributed by atoms with E-state index in [0.717, 1.165) is 6.07 Å². The first-order valence-electron chi connectivity index (χ1n) is 16.3. The quantitative estimate of drug-likeness (QED) is 0.143. The molecule has 2 aromatic carbocycles. The molecule has 0 radical (unpaired) electrons. The zero-order valence-corrected chi connectivity index (χ0v) is 27.5. The van der Waals surface area contributed by atoms with Crippen LogP contribution in [0.5, 0.6) is 23.0 Å². The summed E-state index contributed by atoms with van der Waals surface area (Å²) in [5, 5.41) is 104. The first kappa shape index (κ1) is 37.5. The molecule has 0 saturated carbocycles. The molecule has 2 aromatic rings. The van der Waals surface area contributed by atoms with Gasteiger partial charge in [-0.05, 0) is 38.5 Å². The molecule has 51 heavy (non-hydrogen) atoms. The number of fused-ring (bicyclic) bond motifs is 1. The van der Waals surface area contributed by atoms with Crippen molar-refractivity contribution in [1.29, 1.82) is 0 Å². The molecule has 17 atom stereocenters. The predicted molar refractivity (Wildman–Crippen MR) is 165 cm³/mol. The Bertz CT molecular complexity index is 1540. The average Bonchev–Trinajstić information content (AvgIpc) is 3.09. The Morgan fingerprint density at radius 1 is 0.608 bits per heavy atom. The fourth-order valence-electron chi connectivity index (χ4n) is 6.48. The molecule has 4 aliphatic rings. The lowest BCUT2D eigenvalue weighted by Gasteiger charge is -2.46. The Morgan fingerprint density at radius 3 is 1.76 bits per heavy atom. The van der Waals surface area contributed by atoms with Crippen LogP contribution in [-0.4, -0.2) is 155 Å². The fraction of sp³-hybridized carbons (Fsp3) is 0.606. The number of ketones is 1. The van der Waals surface area contributed by atoms with Crippen molar-refractivity contribution in [2.45, 2.75) is 125 Å². The van der Waals surface area contributed by atoms with Crippen molar-refractivity contribution in [1.82, 2.24) is 0 Å². The van der Waals surface area contributed by atoms with Gasteiger partial charge in [-0.25, -0.2) is 0 Å². The largest absolute Gasteiger partial charge is 0.508 e. The monoisotopic (exact) mass is 726 g/mol. The summed E-state index contributed by atoms with van der Waals surface area (Å²) in [6.07, 6.45) is -24.9. The molecule has 0 spiro atoms. The van der Waals surface area contributed by atoms with Gasteiger partial charge in [-0.15, -0.1) is 0 Å². The molecular formula is C33H42O18. The van der Waals surface area contributed by atoms with Gasteiger partial charge >= 0.3 is 0 Å². The number of aromatic hydroxyl groups is 2. The molecule has 0 aliphatic carbocycles. The third-order valence-electron chi connectivity index (χ3n) is 9.53. The van der Waals surface area contributed by atoms with E-state index < -0.39 is 116 Å². The van der Waals surface area contributed by atoms with E-state index in [2.05, 4.69) is 0 Å². The Hall–Kier alpha value is -3.21. The SMILES string of the molecule is C[C@@H]1O[C@@H](Oc2cc(O)c3c(c2)OC(c2ccc(O)cc2)C(O[C@@H]2O[C@@H](C)[C@H](O[C@@H]4O[C@@H](C)[C@H](O)[C@@H](O)[C@H]4O)[C@@H](O)[C@H]2O)C3=O)[C@H](O)[C@H](O)[C@H]1O. The number of rotatable bonds is 7. The summed E-state index contributed by atoms with van der Waals surface area (Å²) in [6.45, 7) is 4.35. The molecule has 6 rings (SSSR count). The fourth-order valence-corrected chi connectivity index (χ4v) is 6.48. The number of carbonyl (C=O) groups is 1. The van der Waals surface area contributed by atoms with Gasteiger partial charge in [0.2, 0.25) is 12.1 Å². The van der Waals surface area contributed by atoms with Crippen LogP contribution in [0.3, 0.4) is 0 Å². The number of phenolic OH excluding ortho intramolecular Hbond substituents is 2. The second kappa shape index (κ2) is 14.7. The number of Topliss-reactive ketones (excluding diaryl/α,β-unsaturated/α-hetero) is 1. The molecule has 18 heteroatoms. The molecule has 2 unspecified atom stereocenters. The van der Waals surface area contributed by atoms with Crippen LogP contribution in [0.25, 0.3) is 0 Å². The van der Waals surface area contributed by atoms with E-state index in [-0.39, 0.29) is 22.8 Å². The summed E-state index contributed by atoms with van der Waals surface area (Å²) in [5.41, 5.74) is -0.0484.